The second-order valence-corrected chi connectivity index (χ2v) is 8.46. The summed E-state index contributed by atoms with van der Waals surface area (Å²) >= 11 is 0. The number of hydrogen-bond acceptors (Lipinski definition) is 2. The molecule has 1 unspecified atom stereocenters. The van der Waals surface area contributed by atoms with Gasteiger partial charge < -0.3 is 5.32 Å². The largest absolute Gasteiger partial charge is 0.352 e. The summed E-state index contributed by atoms with van der Waals surface area (Å²) in [4.78, 5) is 15.1. The predicted molar refractivity (Wildman–Crippen MR) is 128 cm³/mol. The fourth-order valence-electron chi connectivity index (χ4n) is 4.35. The molecule has 0 bridgehead atoms. The summed E-state index contributed by atoms with van der Waals surface area (Å²) in [5.74, 6) is -0.0186. The van der Waals surface area contributed by atoms with Crippen molar-refractivity contribution >= 4 is 5.91 Å². The molecule has 0 spiro atoms. The molecule has 1 heterocycles. The Morgan fingerprint density at radius 1 is 0.839 bits per heavy atom. The number of nitrogens with one attached hydrogen (secondary N) is 1. The van der Waals surface area contributed by atoms with Crippen molar-refractivity contribution in [1.29, 1.82) is 0 Å². The molecule has 1 aliphatic heterocycles. The number of carbonyl (C=O) groups excluding carboxylic acids is 1. The highest BCUT2D eigenvalue weighted by molar-refractivity contribution is 5.94. The van der Waals surface area contributed by atoms with Gasteiger partial charge in [-0.15, -0.1) is 0 Å². The average Bonchev–Trinajstić information content (AvgIpc) is 2.85. The van der Waals surface area contributed by atoms with E-state index in [2.05, 4.69) is 53.5 Å². The van der Waals surface area contributed by atoms with Crippen LogP contribution in [0, 0.1) is 0 Å². The molecule has 3 heteroatoms. The third-order valence-electron chi connectivity index (χ3n) is 6.35. The normalized spacial score (nSPS) is 15.4. The predicted octanol–water partition coefficient (Wildman–Crippen LogP) is 5.87. The first kappa shape index (κ1) is 21.3. The Morgan fingerprint density at radius 3 is 2.16 bits per heavy atom. The minimum atomic E-state index is -0.0186. The summed E-state index contributed by atoms with van der Waals surface area (Å²) in [6.07, 6.45) is 4.84. The highest BCUT2D eigenvalue weighted by Crippen LogP contribution is 2.24. The molecule has 1 N–H and O–H groups in total. The van der Waals surface area contributed by atoms with Crippen LogP contribution in [0.5, 0.6) is 0 Å². The Balaban J connectivity index is 1.26. The Labute approximate surface area is 186 Å². The van der Waals surface area contributed by atoms with Crippen LogP contribution in [0.4, 0.5) is 0 Å². The van der Waals surface area contributed by atoms with Gasteiger partial charge in [0, 0.05) is 18.2 Å². The van der Waals surface area contributed by atoms with Gasteiger partial charge in [-0.25, -0.2) is 0 Å². The van der Waals surface area contributed by atoms with E-state index in [4.69, 9.17) is 0 Å². The van der Waals surface area contributed by atoms with Gasteiger partial charge in [0.25, 0.3) is 5.91 Å². The topological polar surface area (TPSA) is 32.3 Å². The molecule has 160 valence electrons. The van der Waals surface area contributed by atoms with Gasteiger partial charge >= 0.3 is 0 Å². The van der Waals surface area contributed by atoms with Crippen molar-refractivity contribution in [1.82, 2.24) is 10.2 Å². The maximum Gasteiger partial charge on any atom is 0.251 e. The summed E-state index contributed by atoms with van der Waals surface area (Å²) in [7, 11) is 0. The number of nitrogens with zero attached hydrogens (tertiary/aromatic N) is 1. The lowest BCUT2D eigenvalue weighted by atomic mass is 10.0. The van der Waals surface area contributed by atoms with Gasteiger partial charge in [-0.2, -0.15) is 0 Å². The van der Waals surface area contributed by atoms with Crippen molar-refractivity contribution in [2.75, 3.05) is 19.6 Å². The third-order valence-corrected chi connectivity index (χ3v) is 6.35. The van der Waals surface area contributed by atoms with Crippen LogP contribution in [0.1, 0.15) is 53.7 Å². The van der Waals surface area contributed by atoms with Gasteiger partial charge in [0.05, 0.1) is 0 Å². The lowest BCUT2D eigenvalue weighted by molar-refractivity contribution is 0.0954. The molecule has 1 fully saturated rings. The average molecular weight is 413 g/mol. The van der Waals surface area contributed by atoms with Crippen LogP contribution >= 0.6 is 0 Å². The van der Waals surface area contributed by atoms with Crippen LogP contribution in [0.15, 0.2) is 78.9 Å². The zero-order valence-corrected chi connectivity index (χ0v) is 18.4. The van der Waals surface area contributed by atoms with Crippen LogP contribution in [0.3, 0.4) is 0 Å². The maximum absolute atomic E-state index is 12.5. The fraction of sp³-hybridized carbons (Fsp3) is 0.321. The van der Waals surface area contributed by atoms with Crippen LogP contribution in [0.2, 0.25) is 0 Å². The van der Waals surface area contributed by atoms with Gasteiger partial charge in [0.2, 0.25) is 0 Å². The van der Waals surface area contributed by atoms with Gasteiger partial charge in [0.1, 0.15) is 0 Å². The van der Waals surface area contributed by atoms with Gasteiger partial charge in [-0.1, -0.05) is 73.2 Å². The second-order valence-electron chi connectivity index (χ2n) is 8.46. The van der Waals surface area contributed by atoms with E-state index in [9.17, 15) is 4.79 Å². The van der Waals surface area contributed by atoms with Gasteiger partial charge in [-0.3, -0.25) is 9.69 Å². The highest BCUT2D eigenvalue weighted by atomic mass is 16.1. The first-order valence-corrected chi connectivity index (χ1v) is 11.5. The number of piperidine rings is 1. The van der Waals surface area contributed by atoms with Gasteiger partial charge in [0.15, 0.2) is 0 Å². The van der Waals surface area contributed by atoms with Crippen molar-refractivity contribution in [2.45, 2.75) is 38.6 Å². The van der Waals surface area contributed by atoms with Crippen molar-refractivity contribution < 1.29 is 4.79 Å². The minimum Gasteiger partial charge on any atom is -0.352 e. The summed E-state index contributed by atoms with van der Waals surface area (Å²) in [5, 5.41) is 3.05. The molecule has 0 saturated carbocycles. The molecule has 0 aromatic heterocycles. The molecule has 1 amide bonds. The SMILES string of the molecule is CC(c1ccc(CCNC(=O)c2ccc(-c3ccccc3)cc2)cc1)N1CCCCC1. The highest BCUT2D eigenvalue weighted by Gasteiger charge is 2.17. The molecule has 0 radical (unpaired) electrons. The van der Waals surface area contributed by atoms with E-state index in [1.807, 2.05) is 42.5 Å². The third kappa shape index (κ3) is 5.62. The number of benzene rings is 3. The summed E-state index contributed by atoms with van der Waals surface area (Å²) < 4.78 is 0. The van der Waals surface area contributed by atoms with E-state index in [-0.39, 0.29) is 5.91 Å². The first-order valence-electron chi connectivity index (χ1n) is 11.5. The molecule has 3 aromatic carbocycles. The van der Waals surface area contributed by atoms with E-state index >= 15 is 0 Å². The quantitative estimate of drug-likeness (QED) is 0.526. The molecule has 0 aliphatic carbocycles. The van der Waals surface area contributed by atoms with Crippen molar-refractivity contribution in [3.63, 3.8) is 0 Å². The standard InChI is InChI=1S/C28H32N2O/c1-22(30-20-6-3-7-21-30)24-12-10-23(11-13-24)18-19-29-28(31)27-16-14-26(15-17-27)25-8-4-2-5-9-25/h2,4-5,8-17,22H,3,6-7,18-21H2,1H3,(H,29,31). The monoisotopic (exact) mass is 412 g/mol. The molecular formula is C28H32N2O. The summed E-state index contributed by atoms with van der Waals surface area (Å²) in [6, 6.07) is 27.4. The Hall–Kier alpha value is -2.91. The molecule has 31 heavy (non-hydrogen) atoms. The Kier molecular flexibility index (Phi) is 7.16. The van der Waals surface area contributed by atoms with Crippen molar-refractivity contribution in [2.24, 2.45) is 0 Å². The van der Waals surface area contributed by atoms with E-state index in [1.165, 1.54) is 43.5 Å². The lowest BCUT2D eigenvalue weighted by Gasteiger charge is -2.32. The van der Waals surface area contributed by atoms with E-state index in [1.54, 1.807) is 0 Å². The Morgan fingerprint density at radius 2 is 1.48 bits per heavy atom. The molecule has 1 aliphatic rings. The van der Waals surface area contributed by atoms with E-state index < -0.39 is 0 Å². The molecule has 1 atom stereocenters. The fourth-order valence-corrected chi connectivity index (χ4v) is 4.35. The van der Waals surface area contributed by atoms with Crippen LogP contribution < -0.4 is 5.32 Å². The van der Waals surface area contributed by atoms with Gasteiger partial charge in [-0.05, 0) is 73.7 Å². The van der Waals surface area contributed by atoms with Crippen LogP contribution in [-0.4, -0.2) is 30.4 Å². The number of carbonyl (C=O) groups is 1. The van der Waals surface area contributed by atoms with E-state index in [0.29, 0.717) is 18.2 Å². The lowest BCUT2D eigenvalue weighted by Crippen LogP contribution is -2.32. The number of likely N-dealkylation sites (tertiary alicyclic amines) is 1. The van der Waals surface area contributed by atoms with Crippen molar-refractivity contribution in [3.8, 4) is 11.1 Å². The first-order chi connectivity index (χ1) is 15.2. The smallest absolute Gasteiger partial charge is 0.251 e. The zero-order chi connectivity index (χ0) is 21.5. The second kappa shape index (κ2) is 10.4. The summed E-state index contributed by atoms with van der Waals surface area (Å²) in [5.41, 5.74) is 5.62. The molecule has 4 rings (SSSR count). The maximum atomic E-state index is 12.5. The van der Waals surface area contributed by atoms with E-state index in [0.717, 1.165) is 17.5 Å². The van der Waals surface area contributed by atoms with Crippen molar-refractivity contribution in [3.05, 3.63) is 95.6 Å². The molecule has 3 aromatic rings. The zero-order valence-electron chi connectivity index (χ0n) is 18.4. The minimum absolute atomic E-state index is 0.0186. The number of rotatable bonds is 7. The van der Waals surface area contributed by atoms with Crippen LogP contribution in [-0.2, 0) is 6.42 Å². The number of hydrogen-bond donors (Lipinski definition) is 1. The molecule has 3 nitrogen and oxygen atoms in total. The van der Waals surface area contributed by atoms with Crippen LogP contribution in [0.25, 0.3) is 11.1 Å². The molecular weight excluding hydrogens is 380 g/mol. The Bertz CT molecular complexity index is 958. The summed E-state index contributed by atoms with van der Waals surface area (Å²) in [6.45, 7) is 5.37. The molecule has 1 saturated heterocycles. The number of amides is 1.